The van der Waals surface area contributed by atoms with Crippen LogP contribution in [0.15, 0.2) is 42.6 Å². The number of anilines is 2. The highest BCUT2D eigenvalue weighted by molar-refractivity contribution is 5.56. The Morgan fingerprint density at radius 2 is 1.81 bits per heavy atom. The highest BCUT2D eigenvalue weighted by Gasteiger charge is 2.12. The van der Waals surface area contributed by atoms with Crippen LogP contribution < -0.4 is 10.2 Å². The molecule has 2 aromatic rings. The summed E-state index contributed by atoms with van der Waals surface area (Å²) in [5.74, 6) is -0.305. The first-order valence-electron chi connectivity index (χ1n) is 7.45. The molecule has 110 valence electrons. The Kier molecular flexibility index (Phi) is 4.04. The summed E-state index contributed by atoms with van der Waals surface area (Å²) in [7, 11) is 0. The van der Waals surface area contributed by atoms with E-state index in [4.69, 9.17) is 0 Å². The van der Waals surface area contributed by atoms with Gasteiger partial charge >= 0.3 is 0 Å². The maximum absolute atomic E-state index is 12.9. The summed E-state index contributed by atoms with van der Waals surface area (Å²) in [6.07, 6.45) is 3.82. The molecule has 0 aliphatic carbocycles. The van der Waals surface area contributed by atoms with Crippen LogP contribution in [-0.4, -0.2) is 18.1 Å². The van der Waals surface area contributed by atoms with Crippen molar-refractivity contribution < 1.29 is 4.39 Å². The SMILES string of the molecule is CC(Nc1ccc(N2CCCC2)cc1)c1ccc(F)cn1. The van der Waals surface area contributed by atoms with Crippen LogP contribution in [0.2, 0.25) is 0 Å². The molecule has 1 aromatic heterocycles. The topological polar surface area (TPSA) is 28.2 Å². The van der Waals surface area contributed by atoms with Gasteiger partial charge in [0.15, 0.2) is 0 Å². The number of pyridine rings is 1. The van der Waals surface area contributed by atoms with E-state index in [1.807, 2.05) is 6.92 Å². The van der Waals surface area contributed by atoms with Gasteiger partial charge in [-0.3, -0.25) is 4.98 Å². The molecular weight excluding hydrogens is 265 g/mol. The molecular formula is C17H20FN3. The smallest absolute Gasteiger partial charge is 0.141 e. The Labute approximate surface area is 124 Å². The molecule has 4 heteroatoms. The van der Waals surface area contributed by atoms with Gasteiger partial charge in [0.25, 0.3) is 0 Å². The highest BCUT2D eigenvalue weighted by atomic mass is 19.1. The second-order valence-electron chi connectivity index (χ2n) is 5.51. The van der Waals surface area contributed by atoms with Crippen LogP contribution in [0.1, 0.15) is 31.5 Å². The molecule has 0 radical (unpaired) electrons. The average molecular weight is 285 g/mol. The number of hydrogen-bond acceptors (Lipinski definition) is 3. The van der Waals surface area contributed by atoms with Crippen LogP contribution >= 0.6 is 0 Å². The first kappa shape index (κ1) is 13.9. The standard InChI is InChI=1S/C17H20FN3/c1-13(17-9-4-14(18)12-19-17)20-15-5-7-16(8-6-15)21-10-2-3-11-21/h4-9,12-13,20H,2-3,10-11H2,1H3. The zero-order chi connectivity index (χ0) is 14.7. The second-order valence-corrected chi connectivity index (χ2v) is 5.51. The molecule has 0 bridgehead atoms. The molecule has 1 aliphatic heterocycles. The van der Waals surface area contributed by atoms with Crippen molar-refractivity contribution in [2.24, 2.45) is 0 Å². The van der Waals surface area contributed by atoms with E-state index >= 15 is 0 Å². The Bertz CT molecular complexity index is 574. The normalized spacial score (nSPS) is 16.0. The summed E-state index contributed by atoms with van der Waals surface area (Å²) in [4.78, 5) is 6.52. The van der Waals surface area contributed by atoms with Gasteiger partial charge in [-0.2, -0.15) is 0 Å². The third-order valence-electron chi connectivity index (χ3n) is 3.92. The molecule has 1 N–H and O–H groups in total. The predicted molar refractivity (Wildman–Crippen MR) is 84.1 cm³/mol. The number of halogens is 1. The molecule has 21 heavy (non-hydrogen) atoms. The zero-order valence-electron chi connectivity index (χ0n) is 12.2. The number of rotatable bonds is 4. The van der Waals surface area contributed by atoms with Crippen molar-refractivity contribution in [3.05, 3.63) is 54.1 Å². The van der Waals surface area contributed by atoms with E-state index < -0.39 is 0 Å². The Morgan fingerprint density at radius 1 is 1.10 bits per heavy atom. The average Bonchev–Trinajstić information content (AvgIpc) is 3.03. The number of hydrogen-bond donors (Lipinski definition) is 1. The minimum atomic E-state index is -0.305. The zero-order valence-corrected chi connectivity index (χ0v) is 12.2. The Balaban J connectivity index is 1.65. The van der Waals surface area contributed by atoms with Gasteiger partial charge in [-0.15, -0.1) is 0 Å². The van der Waals surface area contributed by atoms with Gasteiger partial charge < -0.3 is 10.2 Å². The lowest BCUT2D eigenvalue weighted by atomic mass is 10.2. The fraction of sp³-hybridized carbons (Fsp3) is 0.353. The van der Waals surface area contributed by atoms with Crippen molar-refractivity contribution in [1.82, 2.24) is 4.98 Å². The fourth-order valence-corrected chi connectivity index (χ4v) is 2.71. The molecule has 0 saturated carbocycles. The fourth-order valence-electron chi connectivity index (χ4n) is 2.71. The Morgan fingerprint density at radius 3 is 2.43 bits per heavy atom. The van der Waals surface area contributed by atoms with Crippen LogP contribution in [0.3, 0.4) is 0 Å². The molecule has 1 saturated heterocycles. The van der Waals surface area contributed by atoms with E-state index in [0.717, 1.165) is 24.5 Å². The van der Waals surface area contributed by atoms with Gasteiger partial charge in [0.05, 0.1) is 17.9 Å². The lowest BCUT2D eigenvalue weighted by molar-refractivity contribution is 0.617. The molecule has 0 spiro atoms. The van der Waals surface area contributed by atoms with Crippen LogP contribution in [0, 0.1) is 5.82 Å². The third kappa shape index (κ3) is 3.32. The molecule has 1 atom stereocenters. The number of aromatic nitrogens is 1. The molecule has 3 rings (SSSR count). The lowest BCUT2D eigenvalue weighted by Crippen LogP contribution is -2.17. The van der Waals surface area contributed by atoms with Gasteiger partial charge in [0.2, 0.25) is 0 Å². The molecule has 3 nitrogen and oxygen atoms in total. The Hall–Kier alpha value is -2.10. The first-order valence-corrected chi connectivity index (χ1v) is 7.45. The largest absolute Gasteiger partial charge is 0.377 e. The van der Waals surface area contributed by atoms with Gasteiger partial charge in [-0.05, 0) is 56.2 Å². The second kappa shape index (κ2) is 6.12. The van der Waals surface area contributed by atoms with E-state index in [2.05, 4.69) is 39.5 Å². The summed E-state index contributed by atoms with van der Waals surface area (Å²) in [6.45, 7) is 4.33. The van der Waals surface area contributed by atoms with E-state index in [1.165, 1.54) is 30.8 Å². The van der Waals surface area contributed by atoms with Crippen LogP contribution in [0.25, 0.3) is 0 Å². The number of benzene rings is 1. The number of nitrogens with one attached hydrogen (secondary N) is 1. The summed E-state index contributed by atoms with van der Waals surface area (Å²) >= 11 is 0. The van der Waals surface area contributed by atoms with Crippen molar-refractivity contribution in [2.75, 3.05) is 23.3 Å². The predicted octanol–water partition coefficient (Wildman–Crippen LogP) is 3.99. The van der Waals surface area contributed by atoms with Gasteiger partial charge in [-0.25, -0.2) is 4.39 Å². The maximum Gasteiger partial charge on any atom is 0.141 e. The van der Waals surface area contributed by atoms with Crippen molar-refractivity contribution in [3.63, 3.8) is 0 Å². The summed E-state index contributed by atoms with van der Waals surface area (Å²) in [5.41, 5.74) is 3.17. The third-order valence-corrected chi connectivity index (χ3v) is 3.92. The summed E-state index contributed by atoms with van der Waals surface area (Å²) in [6, 6.07) is 11.7. The van der Waals surface area contributed by atoms with Crippen molar-refractivity contribution in [2.45, 2.75) is 25.8 Å². The van der Waals surface area contributed by atoms with E-state index in [1.54, 1.807) is 6.07 Å². The van der Waals surface area contributed by atoms with Crippen LogP contribution in [0.4, 0.5) is 15.8 Å². The first-order chi connectivity index (χ1) is 10.2. The minimum absolute atomic E-state index is 0.0447. The van der Waals surface area contributed by atoms with Gasteiger partial charge in [0, 0.05) is 24.5 Å². The minimum Gasteiger partial charge on any atom is -0.377 e. The van der Waals surface area contributed by atoms with Crippen LogP contribution in [-0.2, 0) is 0 Å². The van der Waals surface area contributed by atoms with Crippen molar-refractivity contribution in [3.8, 4) is 0 Å². The molecule has 0 amide bonds. The van der Waals surface area contributed by atoms with Gasteiger partial charge in [0.1, 0.15) is 5.82 Å². The van der Waals surface area contributed by atoms with Crippen LogP contribution in [0.5, 0.6) is 0 Å². The molecule has 1 aromatic carbocycles. The quantitative estimate of drug-likeness (QED) is 0.920. The maximum atomic E-state index is 12.9. The van der Waals surface area contributed by atoms with Gasteiger partial charge in [-0.1, -0.05) is 0 Å². The van der Waals surface area contributed by atoms with E-state index in [-0.39, 0.29) is 11.9 Å². The van der Waals surface area contributed by atoms with Crippen molar-refractivity contribution in [1.29, 1.82) is 0 Å². The van der Waals surface area contributed by atoms with E-state index in [0.29, 0.717) is 0 Å². The molecule has 1 fully saturated rings. The highest BCUT2D eigenvalue weighted by Crippen LogP contribution is 2.24. The number of nitrogens with zero attached hydrogens (tertiary/aromatic N) is 2. The summed E-state index contributed by atoms with van der Waals surface area (Å²) in [5, 5.41) is 3.39. The monoisotopic (exact) mass is 285 g/mol. The molecule has 1 aliphatic rings. The molecule has 1 unspecified atom stereocenters. The van der Waals surface area contributed by atoms with Crippen molar-refractivity contribution >= 4 is 11.4 Å². The van der Waals surface area contributed by atoms with E-state index in [9.17, 15) is 4.39 Å². The molecule has 2 heterocycles. The summed E-state index contributed by atoms with van der Waals surface area (Å²) < 4.78 is 12.9. The lowest BCUT2D eigenvalue weighted by Gasteiger charge is -2.19.